The Labute approximate surface area is 109 Å². The van der Waals surface area contributed by atoms with Crippen molar-refractivity contribution < 1.29 is 0 Å². The average molecular weight is 245 g/mol. The lowest BCUT2D eigenvalue weighted by Gasteiger charge is -2.28. The Morgan fingerprint density at radius 3 is 2.67 bits per heavy atom. The smallest absolute Gasteiger partial charge is 0.145 e. The summed E-state index contributed by atoms with van der Waals surface area (Å²) in [6.45, 7) is 6.34. The lowest BCUT2D eigenvalue weighted by molar-refractivity contribution is 0.304. The van der Waals surface area contributed by atoms with Crippen molar-refractivity contribution in [3.05, 3.63) is 17.6 Å². The Kier molecular flexibility index (Phi) is 3.00. The van der Waals surface area contributed by atoms with Gasteiger partial charge in [-0.2, -0.15) is 0 Å². The van der Waals surface area contributed by atoms with E-state index in [4.69, 9.17) is 0 Å². The van der Waals surface area contributed by atoms with Crippen LogP contribution in [0.4, 0.5) is 5.82 Å². The topological polar surface area (TPSA) is 37.8 Å². The Morgan fingerprint density at radius 2 is 2.06 bits per heavy atom. The van der Waals surface area contributed by atoms with Crippen molar-refractivity contribution in [2.45, 2.75) is 52.5 Å². The summed E-state index contributed by atoms with van der Waals surface area (Å²) in [6, 6.07) is 0.525. The van der Waals surface area contributed by atoms with E-state index in [2.05, 4.69) is 22.2 Å². The van der Waals surface area contributed by atoms with Crippen LogP contribution in [-0.4, -0.2) is 16.0 Å². The minimum atomic E-state index is 0.525. The summed E-state index contributed by atoms with van der Waals surface area (Å²) in [4.78, 5) is 8.95. The molecule has 3 heteroatoms. The fraction of sp³-hybridized carbons (Fsp3) is 0.733. The number of anilines is 1. The van der Waals surface area contributed by atoms with E-state index in [1.807, 2.05) is 20.0 Å². The molecule has 2 bridgehead atoms. The van der Waals surface area contributed by atoms with E-state index in [1.165, 1.54) is 25.7 Å². The number of nitrogens with one attached hydrogen (secondary N) is 1. The monoisotopic (exact) mass is 245 g/mol. The van der Waals surface area contributed by atoms with Crippen LogP contribution < -0.4 is 5.32 Å². The molecule has 0 amide bonds. The van der Waals surface area contributed by atoms with Gasteiger partial charge < -0.3 is 5.32 Å². The van der Waals surface area contributed by atoms with Crippen molar-refractivity contribution >= 4 is 5.82 Å². The van der Waals surface area contributed by atoms with E-state index in [1.54, 1.807) is 0 Å². The number of hydrogen-bond donors (Lipinski definition) is 1. The molecule has 2 aliphatic rings. The van der Waals surface area contributed by atoms with Crippen molar-refractivity contribution in [3.8, 4) is 0 Å². The van der Waals surface area contributed by atoms with Crippen LogP contribution >= 0.6 is 0 Å². The lowest BCUT2D eigenvalue weighted by atomic mass is 9.84. The number of hydrogen-bond acceptors (Lipinski definition) is 3. The fourth-order valence-corrected chi connectivity index (χ4v) is 3.86. The lowest BCUT2D eigenvalue weighted by Crippen LogP contribution is -2.30. The molecule has 1 heterocycles. The third kappa shape index (κ3) is 2.11. The fourth-order valence-electron chi connectivity index (χ4n) is 3.86. The van der Waals surface area contributed by atoms with Crippen molar-refractivity contribution in [2.75, 3.05) is 5.32 Å². The van der Waals surface area contributed by atoms with Gasteiger partial charge in [-0.1, -0.05) is 6.42 Å². The molecule has 0 aliphatic heterocycles. The van der Waals surface area contributed by atoms with Gasteiger partial charge in [-0.25, -0.2) is 4.98 Å². The normalized spacial score (nSPS) is 31.6. The predicted molar refractivity (Wildman–Crippen MR) is 73.5 cm³/mol. The second-order valence-corrected chi connectivity index (χ2v) is 6.20. The van der Waals surface area contributed by atoms with Crippen LogP contribution in [0.5, 0.6) is 0 Å². The van der Waals surface area contributed by atoms with E-state index < -0.39 is 0 Å². The number of aromatic nitrogens is 2. The molecule has 2 fully saturated rings. The van der Waals surface area contributed by atoms with Gasteiger partial charge in [0.05, 0.1) is 17.6 Å². The van der Waals surface area contributed by atoms with Crippen LogP contribution in [0.15, 0.2) is 6.20 Å². The van der Waals surface area contributed by atoms with Crippen LogP contribution in [0.1, 0.15) is 44.0 Å². The van der Waals surface area contributed by atoms with Crippen molar-refractivity contribution in [1.29, 1.82) is 0 Å². The van der Waals surface area contributed by atoms with Gasteiger partial charge in [-0.05, 0) is 57.8 Å². The van der Waals surface area contributed by atoms with Gasteiger partial charge in [0.1, 0.15) is 5.82 Å². The highest BCUT2D eigenvalue weighted by Gasteiger charge is 2.41. The molecular formula is C15H23N3. The van der Waals surface area contributed by atoms with Crippen LogP contribution in [0.25, 0.3) is 0 Å². The molecule has 0 radical (unpaired) electrons. The molecule has 18 heavy (non-hydrogen) atoms. The van der Waals surface area contributed by atoms with E-state index >= 15 is 0 Å². The second kappa shape index (κ2) is 4.52. The molecular weight excluding hydrogens is 222 g/mol. The molecule has 0 saturated heterocycles. The van der Waals surface area contributed by atoms with Gasteiger partial charge in [0.2, 0.25) is 0 Å². The van der Waals surface area contributed by atoms with Gasteiger partial charge in [0.15, 0.2) is 0 Å². The third-order valence-corrected chi connectivity index (χ3v) is 5.00. The molecule has 1 aromatic rings. The van der Waals surface area contributed by atoms with E-state index in [0.29, 0.717) is 6.04 Å². The maximum absolute atomic E-state index is 4.57. The third-order valence-electron chi connectivity index (χ3n) is 5.00. The minimum absolute atomic E-state index is 0.525. The summed E-state index contributed by atoms with van der Waals surface area (Å²) >= 11 is 0. The number of fused-ring (bicyclic) bond motifs is 2. The first-order valence-corrected chi connectivity index (χ1v) is 7.20. The molecule has 4 atom stereocenters. The van der Waals surface area contributed by atoms with Gasteiger partial charge in [-0.3, -0.25) is 4.98 Å². The largest absolute Gasteiger partial charge is 0.366 e. The molecule has 0 spiro atoms. The number of nitrogens with zero attached hydrogens (tertiary/aromatic N) is 2. The Morgan fingerprint density at radius 1 is 1.22 bits per heavy atom. The highest BCUT2D eigenvalue weighted by atomic mass is 15.0. The number of aryl methyl sites for hydroxylation is 2. The molecule has 98 valence electrons. The van der Waals surface area contributed by atoms with Crippen LogP contribution in [-0.2, 0) is 0 Å². The van der Waals surface area contributed by atoms with Gasteiger partial charge in [0, 0.05) is 6.04 Å². The molecule has 0 aromatic carbocycles. The van der Waals surface area contributed by atoms with Gasteiger partial charge >= 0.3 is 0 Å². The Hall–Kier alpha value is -1.12. The molecule has 1 N–H and O–H groups in total. The molecule has 4 unspecified atom stereocenters. The first-order chi connectivity index (χ1) is 8.63. The van der Waals surface area contributed by atoms with Crippen LogP contribution in [0.2, 0.25) is 0 Å². The molecule has 1 aromatic heterocycles. The summed E-state index contributed by atoms with van der Waals surface area (Å²) in [5.41, 5.74) is 2.05. The van der Waals surface area contributed by atoms with Crippen molar-refractivity contribution in [1.82, 2.24) is 9.97 Å². The zero-order chi connectivity index (χ0) is 12.7. The molecule has 2 saturated carbocycles. The highest BCUT2D eigenvalue weighted by Crippen LogP contribution is 2.49. The zero-order valence-corrected chi connectivity index (χ0v) is 11.6. The molecule has 2 aliphatic carbocycles. The molecule has 3 rings (SSSR count). The Balaban J connectivity index is 1.67. The summed E-state index contributed by atoms with van der Waals surface area (Å²) < 4.78 is 0. The minimum Gasteiger partial charge on any atom is -0.366 e. The maximum Gasteiger partial charge on any atom is 0.145 e. The van der Waals surface area contributed by atoms with Gasteiger partial charge in [-0.15, -0.1) is 0 Å². The summed E-state index contributed by atoms with van der Waals surface area (Å²) in [7, 11) is 0. The predicted octanol–water partition coefficient (Wildman–Crippen LogP) is 3.33. The summed E-state index contributed by atoms with van der Waals surface area (Å²) in [6.07, 6.45) is 7.66. The summed E-state index contributed by atoms with van der Waals surface area (Å²) in [5.74, 6) is 3.74. The number of rotatable bonds is 3. The standard InChI is InChI=1S/C15H23N3/c1-9-10(2)17-15(8-16-9)18-11(3)14-7-12-4-5-13(14)6-12/h8,11-14H,4-7H2,1-3H3,(H,17,18). The SMILES string of the molecule is Cc1ncc(NC(C)C2CC3CCC2C3)nc1C. The van der Waals surface area contributed by atoms with E-state index in [-0.39, 0.29) is 0 Å². The van der Waals surface area contributed by atoms with Crippen LogP contribution in [0.3, 0.4) is 0 Å². The quantitative estimate of drug-likeness (QED) is 0.887. The first-order valence-electron chi connectivity index (χ1n) is 7.20. The zero-order valence-electron chi connectivity index (χ0n) is 11.6. The van der Waals surface area contributed by atoms with E-state index in [0.717, 1.165) is 35.0 Å². The van der Waals surface area contributed by atoms with Gasteiger partial charge in [0.25, 0.3) is 0 Å². The summed E-state index contributed by atoms with van der Waals surface area (Å²) in [5, 5.41) is 3.56. The first kappa shape index (κ1) is 11.9. The second-order valence-electron chi connectivity index (χ2n) is 6.20. The van der Waals surface area contributed by atoms with Crippen LogP contribution in [0, 0.1) is 31.6 Å². The average Bonchev–Trinajstić information content (AvgIpc) is 2.96. The van der Waals surface area contributed by atoms with E-state index in [9.17, 15) is 0 Å². The highest BCUT2D eigenvalue weighted by molar-refractivity contribution is 5.34. The maximum atomic E-state index is 4.57. The van der Waals surface area contributed by atoms with Crippen molar-refractivity contribution in [3.63, 3.8) is 0 Å². The van der Waals surface area contributed by atoms with Crippen molar-refractivity contribution in [2.24, 2.45) is 17.8 Å². The molecule has 3 nitrogen and oxygen atoms in total. The Bertz CT molecular complexity index is 443.